The van der Waals surface area contributed by atoms with Crippen LogP contribution in [0.25, 0.3) is 0 Å². The normalized spacial score (nSPS) is 10.0. The number of imide groups is 1. The first-order chi connectivity index (χ1) is 13.5. The molecular formula is C20H21BrN2O5. The fraction of sp³-hybridized carbons (Fsp3) is 0.250. The lowest BCUT2D eigenvalue weighted by Gasteiger charge is -2.08. The van der Waals surface area contributed by atoms with Gasteiger partial charge in [0.05, 0.1) is 6.61 Å². The lowest BCUT2D eigenvalue weighted by Crippen LogP contribution is -2.41. The molecule has 0 saturated carbocycles. The molecule has 2 rings (SSSR count). The van der Waals surface area contributed by atoms with Gasteiger partial charge in [-0.15, -0.1) is 0 Å². The van der Waals surface area contributed by atoms with E-state index in [0.29, 0.717) is 18.8 Å². The molecule has 0 radical (unpaired) electrons. The molecular weight excluding hydrogens is 428 g/mol. The summed E-state index contributed by atoms with van der Waals surface area (Å²) in [4.78, 5) is 34.9. The highest BCUT2D eigenvalue weighted by Crippen LogP contribution is 2.17. The lowest BCUT2D eigenvalue weighted by atomic mass is 10.2. The van der Waals surface area contributed by atoms with Gasteiger partial charge in [0.25, 0.3) is 5.91 Å². The van der Waals surface area contributed by atoms with Gasteiger partial charge < -0.3 is 14.8 Å². The predicted molar refractivity (Wildman–Crippen MR) is 107 cm³/mol. The van der Waals surface area contributed by atoms with Crippen molar-refractivity contribution in [1.29, 1.82) is 0 Å². The number of halogens is 1. The van der Waals surface area contributed by atoms with Crippen LogP contribution < -0.4 is 15.4 Å². The van der Waals surface area contributed by atoms with Gasteiger partial charge in [-0.2, -0.15) is 0 Å². The van der Waals surface area contributed by atoms with Gasteiger partial charge in [-0.25, -0.2) is 4.79 Å². The van der Waals surface area contributed by atoms with E-state index >= 15 is 0 Å². The van der Waals surface area contributed by atoms with Crippen molar-refractivity contribution in [1.82, 2.24) is 10.6 Å². The van der Waals surface area contributed by atoms with Gasteiger partial charge in [-0.1, -0.05) is 52.3 Å². The minimum absolute atomic E-state index is 0.113. The zero-order valence-electron chi connectivity index (χ0n) is 15.2. The van der Waals surface area contributed by atoms with Crippen LogP contribution >= 0.6 is 15.9 Å². The number of carbonyl (C=O) groups is 3. The average Bonchev–Trinajstić information content (AvgIpc) is 2.69. The summed E-state index contributed by atoms with van der Waals surface area (Å²) < 4.78 is 11.3. The van der Waals surface area contributed by atoms with Crippen LogP contribution in [0.2, 0.25) is 0 Å². The summed E-state index contributed by atoms with van der Waals surface area (Å²) in [6.07, 6.45) is 0.562. The average molecular weight is 449 g/mol. The van der Waals surface area contributed by atoms with E-state index in [-0.39, 0.29) is 13.0 Å². The number of esters is 1. The van der Waals surface area contributed by atoms with Crippen molar-refractivity contribution >= 4 is 33.8 Å². The summed E-state index contributed by atoms with van der Waals surface area (Å²) >= 11 is 3.35. The minimum Gasteiger partial charge on any atom is -0.494 e. The Labute approximate surface area is 171 Å². The van der Waals surface area contributed by atoms with Crippen molar-refractivity contribution in [3.63, 3.8) is 0 Å². The molecule has 7 nitrogen and oxygen atoms in total. The SMILES string of the molecule is O=C(COC(=O)CCCOc1cccc(Br)c1)NC(=O)NCc1ccccc1. The monoisotopic (exact) mass is 448 g/mol. The van der Waals surface area contributed by atoms with E-state index in [1.165, 1.54) is 0 Å². The molecule has 0 aliphatic rings. The topological polar surface area (TPSA) is 93.7 Å². The summed E-state index contributed by atoms with van der Waals surface area (Å²) in [7, 11) is 0. The van der Waals surface area contributed by atoms with E-state index in [9.17, 15) is 14.4 Å². The number of benzene rings is 2. The second-order valence-corrected chi connectivity index (χ2v) is 6.70. The number of ether oxygens (including phenoxy) is 2. The van der Waals surface area contributed by atoms with Crippen molar-refractivity contribution < 1.29 is 23.9 Å². The molecule has 2 N–H and O–H groups in total. The fourth-order valence-electron chi connectivity index (χ4n) is 2.17. The molecule has 3 amide bonds. The Morgan fingerprint density at radius 1 is 1.00 bits per heavy atom. The van der Waals surface area contributed by atoms with Crippen molar-refractivity contribution in [2.24, 2.45) is 0 Å². The fourth-order valence-corrected chi connectivity index (χ4v) is 2.54. The van der Waals surface area contributed by atoms with Crippen LogP contribution in [0.5, 0.6) is 5.75 Å². The Kier molecular flexibility index (Phi) is 9.00. The highest BCUT2D eigenvalue weighted by molar-refractivity contribution is 9.10. The van der Waals surface area contributed by atoms with E-state index in [4.69, 9.17) is 9.47 Å². The maximum Gasteiger partial charge on any atom is 0.321 e. The highest BCUT2D eigenvalue weighted by Gasteiger charge is 2.11. The Bertz CT molecular complexity index is 798. The van der Waals surface area contributed by atoms with E-state index in [1.54, 1.807) is 0 Å². The number of carbonyl (C=O) groups excluding carboxylic acids is 3. The minimum atomic E-state index is -0.690. The number of hydrogen-bond donors (Lipinski definition) is 2. The third-order valence-corrected chi connectivity index (χ3v) is 4.00. The Morgan fingerprint density at radius 2 is 1.79 bits per heavy atom. The summed E-state index contributed by atoms with van der Waals surface area (Å²) in [6, 6.07) is 16.0. The number of hydrogen-bond acceptors (Lipinski definition) is 5. The molecule has 0 aliphatic carbocycles. The van der Waals surface area contributed by atoms with Crippen molar-refractivity contribution in [2.75, 3.05) is 13.2 Å². The summed E-state index contributed by atoms with van der Waals surface area (Å²) in [5, 5.41) is 4.65. The zero-order valence-corrected chi connectivity index (χ0v) is 16.7. The molecule has 0 atom stereocenters. The van der Waals surface area contributed by atoms with Gasteiger partial charge in [-0.3, -0.25) is 14.9 Å². The van der Waals surface area contributed by atoms with Crippen LogP contribution in [0.3, 0.4) is 0 Å². The van der Waals surface area contributed by atoms with E-state index in [0.717, 1.165) is 10.0 Å². The van der Waals surface area contributed by atoms with Gasteiger partial charge in [-0.05, 0) is 30.2 Å². The van der Waals surface area contributed by atoms with Crippen LogP contribution in [0, 0.1) is 0 Å². The maximum atomic E-state index is 11.6. The second kappa shape index (κ2) is 11.8. The van der Waals surface area contributed by atoms with Gasteiger partial charge >= 0.3 is 12.0 Å². The van der Waals surface area contributed by atoms with Gasteiger partial charge in [0.15, 0.2) is 6.61 Å². The van der Waals surface area contributed by atoms with Crippen LogP contribution in [0.4, 0.5) is 4.79 Å². The molecule has 0 saturated heterocycles. The van der Waals surface area contributed by atoms with E-state index in [1.807, 2.05) is 54.6 Å². The lowest BCUT2D eigenvalue weighted by molar-refractivity contribution is -0.148. The first-order valence-corrected chi connectivity index (χ1v) is 9.48. The third-order valence-electron chi connectivity index (χ3n) is 3.50. The summed E-state index contributed by atoms with van der Waals surface area (Å²) in [5.74, 6) is -0.523. The molecule has 0 aliphatic heterocycles. The smallest absolute Gasteiger partial charge is 0.321 e. The van der Waals surface area contributed by atoms with Gasteiger partial charge in [0.1, 0.15) is 5.75 Å². The van der Waals surface area contributed by atoms with Crippen molar-refractivity contribution in [3.05, 3.63) is 64.6 Å². The molecule has 2 aromatic carbocycles. The van der Waals surface area contributed by atoms with Crippen LogP contribution in [-0.2, 0) is 20.9 Å². The highest BCUT2D eigenvalue weighted by atomic mass is 79.9. The molecule has 0 heterocycles. The van der Waals surface area contributed by atoms with Gasteiger partial charge in [0, 0.05) is 17.4 Å². The Morgan fingerprint density at radius 3 is 2.54 bits per heavy atom. The molecule has 0 spiro atoms. The molecule has 0 unspecified atom stereocenters. The predicted octanol–water partition coefficient (Wildman–Crippen LogP) is 3.18. The van der Waals surface area contributed by atoms with Crippen molar-refractivity contribution in [2.45, 2.75) is 19.4 Å². The first-order valence-electron chi connectivity index (χ1n) is 8.68. The molecule has 28 heavy (non-hydrogen) atoms. The van der Waals surface area contributed by atoms with Gasteiger partial charge in [0.2, 0.25) is 0 Å². The van der Waals surface area contributed by atoms with Crippen LogP contribution in [0.1, 0.15) is 18.4 Å². The largest absolute Gasteiger partial charge is 0.494 e. The van der Waals surface area contributed by atoms with Crippen molar-refractivity contribution in [3.8, 4) is 5.75 Å². The number of rotatable bonds is 9. The number of nitrogens with one attached hydrogen (secondary N) is 2. The maximum absolute atomic E-state index is 11.6. The third kappa shape index (κ3) is 8.68. The first kappa shape index (κ1) is 21.4. The number of urea groups is 1. The molecule has 0 bridgehead atoms. The molecule has 0 aromatic heterocycles. The molecule has 148 valence electrons. The molecule has 8 heteroatoms. The molecule has 2 aromatic rings. The quantitative estimate of drug-likeness (QED) is 0.453. The Balaban J connectivity index is 1.55. The second-order valence-electron chi connectivity index (χ2n) is 5.79. The summed E-state index contributed by atoms with van der Waals surface area (Å²) in [6.45, 7) is 0.126. The Hall–Kier alpha value is -2.87. The van der Waals surface area contributed by atoms with E-state index in [2.05, 4.69) is 26.6 Å². The summed E-state index contributed by atoms with van der Waals surface area (Å²) in [5.41, 5.74) is 0.904. The van der Waals surface area contributed by atoms with E-state index < -0.39 is 24.5 Å². The number of amides is 3. The van der Waals surface area contributed by atoms with Crippen LogP contribution in [-0.4, -0.2) is 31.1 Å². The zero-order chi connectivity index (χ0) is 20.2. The standard InChI is InChI=1S/C20H21BrN2O5/c21-16-8-4-9-17(12-16)27-11-5-10-19(25)28-14-18(24)23-20(26)22-13-15-6-2-1-3-7-15/h1-4,6-9,12H,5,10-11,13-14H2,(H2,22,23,24,26). The van der Waals surface area contributed by atoms with Crippen LogP contribution in [0.15, 0.2) is 59.1 Å². The molecule has 0 fully saturated rings.